The third kappa shape index (κ3) is 2.61. The van der Waals surface area contributed by atoms with Crippen molar-refractivity contribution in [2.24, 2.45) is 0 Å². The van der Waals surface area contributed by atoms with E-state index in [0.29, 0.717) is 16.5 Å². The summed E-state index contributed by atoms with van der Waals surface area (Å²) in [7, 11) is 0. The molecule has 2 aromatic carbocycles. The molecule has 0 bridgehead atoms. The van der Waals surface area contributed by atoms with Gasteiger partial charge < -0.3 is 0 Å². The molecule has 3 rings (SSSR count). The van der Waals surface area contributed by atoms with E-state index in [4.69, 9.17) is 23.2 Å². The summed E-state index contributed by atoms with van der Waals surface area (Å²) < 4.78 is 0. The van der Waals surface area contributed by atoms with Gasteiger partial charge in [-0.25, -0.2) is 0 Å². The van der Waals surface area contributed by atoms with Gasteiger partial charge in [0.15, 0.2) is 0 Å². The zero-order valence-electron chi connectivity index (χ0n) is 10.9. The third-order valence-electron chi connectivity index (χ3n) is 3.88. The lowest BCUT2D eigenvalue weighted by atomic mass is 9.92. The molecule has 1 unspecified atom stereocenters. The van der Waals surface area contributed by atoms with E-state index in [0.717, 1.165) is 18.4 Å². The number of benzene rings is 2. The van der Waals surface area contributed by atoms with Gasteiger partial charge in [0.2, 0.25) is 0 Å². The lowest BCUT2D eigenvalue weighted by Gasteiger charge is -2.11. The van der Waals surface area contributed by atoms with Crippen LogP contribution in [0.4, 0.5) is 0 Å². The maximum absolute atomic E-state index is 12.5. The zero-order valence-corrected chi connectivity index (χ0v) is 12.4. The fourth-order valence-electron chi connectivity index (χ4n) is 2.87. The first kappa shape index (κ1) is 13.7. The highest BCUT2D eigenvalue weighted by Gasteiger charge is 2.27. The Morgan fingerprint density at radius 2 is 1.90 bits per heavy atom. The fourth-order valence-corrected chi connectivity index (χ4v) is 3.19. The first-order valence-corrected chi connectivity index (χ1v) is 7.45. The van der Waals surface area contributed by atoms with Crippen molar-refractivity contribution in [2.75, 3.05) is 0 Å². The molecule has 102 valence electrons. The number of aryl methyl sites for hydroxylation is 1. The van der Waals surface area contributed by atoms with E-state index >= 15 is 0 Å². The Hall–Kier alpha value is -1.31. The van der Waals surface area contributed by atoms with Crippen molar-refractivity contribution in [1.29, 1.82) is 0 Å². The van der Waals surface area contributed by atoms with Crippen LogP contribution in [0.3, 0.4) is 0 Å². The first-order chi connectivity index (χ1) is 9.65. The van der Waals surface area contributed by atoms with Crippen LogP contribution in [0, 0.1) is 0 Å². The summed E-state index contributed by atoms with van der Waals surface area (Å²) in [6.45, 7) is 0. The summed E-state index contributed by atoms with van der Waals surface area (Å²) >= 11 is 11.9. The molecule has 1 aliphatic rings. The molecular formula is C17H14Cl2O. The van der Waals surface area contributed by atoms with Crippen LogP contribution in [0.5, 0.6) is 0 Å². The number of carbonyl (C=O) groups excluding carboxylic acids is 1. The minimum Gasteiger partial charge on any atom is -0.299 e. The predicted molar refractivity (Wildman–Crippen MR) is 82.7 cm³/mol. The predicted octanol–water partition coefficient (Wildman–Crippen LogP) is 4.84. The van der Waals surface area contributed by atoms with E-state index in [1.807, 2.05) is 18.2 Å². The van der Waals surface area contributed by atoms with E-state index in [9.17, 15) is 4.79 Å². The van der Waals surface area contributed by atoms with E-state index in [2.05, 4.69) is 12.1 Å². The molecule has 0 N–H and O–H groups in total. The van der Waals surface area contributed by atoms with Crippen LogP contribution in [0.25, 0.3) is 0 Å². The molecular weight excluding hydrogens is 291 g/mol. The van der Waals surface area contributed by atoms with Crippen LogP contribution in [0.15, 0.2) is 42.5 Å². The van der Waals surface area contributed by atoms with Gasteiger partial charge in [-0.2, -0.15) is 0 Å². The number of fused-ring (bicyclic) bond motifs is 1. The van der Waals surface area contributed by atoms with Gasteiger partial charge in [-0.1, -0.05) is 53.5 Å². The molecule has 3 heteroatoms. The van der Waals surface area contributed by atoms with Crippen LogP contribution in [-0.2, 0) is 17.6 Å². The monoisotopic (exact) mass is 304 g/mol. The van der Waals surface area contributed by atoms with Crippen molar-refractivity contribution in [3.63, 3.8) is 0 Å². The second-order valence-corrected chi connectivity index (χ2v) is 6.00. The van der Waals surface area contributed by atoms with Crippen LogP contribution in [0.2, 0.25) is 10.0 Å². The second-order valence-electron chi connectivity index (χ2n) is 5.18. The van der Waals surface area contributed by atoms with Gasteiger partial charge in [-0.05, 0) is 41.7 Å². The molecule has 0 aliphatic heterocycles. The third-order valence-corrected chi connectivity index (χ3v) is 4.62. The highest BCUT2D eigenvalue weighted by Crippen LogP contribution is 2.34. The number of rotatable bonds is 3. The standard InChI is InChI=1S/C17H14Cl2O/c18-15-8-5-11(9-16(15)19)10-17(20)14-7-6-12-3-1-2-4-13(12)14/h1-5,8-9,14H,6-7,10H2. The number of Topliss-reactive ketones (excluding diaryl/α,β-unsaturated/α-hetero) is 1. The normalized spacial score (nSPS) is 17.0. The maximum Gasteiger partial charge on any atom is 0.144 e. The molecule has 0 saturated carbocycles. The number of hydrogen-bond acceptors (Lipinski definition) is 1. The van der Waals surface area contributed by atoms with Gasteiger partial charge in [-0.15, -0.1) is 0 Å². The van der Waals surface area contributed by atoms with E-state index < -0.39 is 0 Å². The van der Waals surface area contributed by atoms with Crippen molar-refractivity contribution in [3.05, 3.63) is 69.2 Å². The van der Waals surface area contributed by atoms with E-state index in [1.54, 1.807) is 12.1 Å². The quantitative estimate of drug-likeness (QED) is 0.793. The minimum atomic E-state index is 0.0284. The largest absolute Gasteiger partial charge is 0.299 e. The van der Waals surface area contributed by atoms with Crippen molar-refractivity contribution < 1.29 is 4.79 Å². The Labute approximate surface area is 128 Å². The molecule has 0 saturated heterocycles. The first-order valence-electron chi connectivity index (χ1n) is 6.69. The lowest BCUT2D eigenvalue weighted by Crippen LogP contribution is -2.12. The van der Waals surface area contributed by atoms with Gasteiger partial charge in [0.25, 0.3) is 0 Å². The Morgan fingerprint density at radius 1 is 1.10 bits per heavy atom. The summed E-state index contributed by atoms with van der Waals surface area (Å²) in [5, 5.41) is 1.03. The number of halogens is 2. The molecule has 0 aromatic heterocycles. The molecule has 0 radical (unpaired) electrons. The highest BCUT2D eigenvalue weighted by molar-refractivity contribution is 6.42. The van der Waals surface area contributed by atoms with E-state index in [1.165, 1.54) is 11.1 Å². The van der Waals surface area contributed by atoms with Crippen molar-refractivity contribution in [2.45, 2.75) is 25.2 Å². The molecule has 20 heavy (non-hydrogen) atoms. The lowest BCUT2D eigenvalue weighted by molar-refractivity contribution is -0.119. The average Bonchev–Trinajstić information content (AvgIpc) is 2.87. The number of hydrogen-bond donors (Lipinski definition) is 0. The summed E-state index contributed by atoms with van der Waals surface area (Å²) in [5.41, 5.74) is 3.42. The summed E-state index contributed by atoms with van der Waals surface area (Å²) in [6, 6.07) is 13.6. The Kier molecular flexibility index (Phi) is 3.82. The van der Waals surface area contributed by atoms with Gasteiger partial charge in [0.05, 0.1) is 10.0 Å². The average molecular weight is 305 g/mol. The number of carbonyl (C=O) groups is 1. The molecule has 0 fully saturated rings. The van der Waals surface area contributed by atoms with Crippen LogP contribution in [-0.4, -0.2) is 5.78 Å². The smallest absolute Gasteiger partial charge is 0.144 e. The van der Waals surface area contributed by atoms with Gasteiger partial charge in [0, 0.05) is 12.3 Å². The molecule has 1 aliphatic carbocycles. The van der Waals surface area contributed by atoms with Gasteiger partial charge in [0.1, 0.15) is 5.78 Å². The minimum absolute atomic E-state index is 0.0284. The Bertz CT molecular complexity index is 664. The van der Waals surface area contributed by atoms with Gasteiger partial charge in [-0.3, -0.25) is 4.79 Å². The van der Waals surface area contributed by atoms with Crippen molar-refractivity contribution in [1.82, 2.24) is 0 Å². The molecule has 0 amide bonds. The SMILES string of the molecule is O=C(Cc1ccc(Cl)c(Cl)c1)C1CCc2ccccc21. The van der Waals surface area contributed by atoms with Gasteiger partial charge >= 0.3 is 0 Å². The molecule has 0 spiro atoms. The zero-order chi connectivity index (χ0) is 14.1. The van der Waals surface area contributed by atoms with Crippen LogP contribution >= 0.6 is 23.2 Å². The Balaban J connectivity index is 1.79. The second kappa shape index (κ2) is 5.59. The molecule has 1 atom stereocenters. The maximum atomic E-state index is 12.5. The summed E-state index contributed by atoms with van der Waals surface area (Å²) in [5.74, 6) is 0.286. The number of ketones is 1. The highest BCUT2D eigenvalue weighted by atomic mass is 35.5. The van der Waals surface area contributed by atoms with Crippen LogP contribution in [0.1, 0.15) is 29.0 Å². The topological polar surface area (TPSA) is 17.1 Å². The Morgan fingerprint density at radius 3 is 2.70 bits per heavy atom. The van der Waals surface area contributed by atoms with E-state index in [-0.39, 0.29) is 11.7 Å². The fraction of sp³-hybridized carbons (Fsp3) is 0.235. The van der Waals surface area contributed by atoms with Crippen molar-refractivity contribution in [3.8, 4) is 0 Å². The summed E-state index contributed by atoms with van der Waals surface area (Å²) in [6.07, 6.45) is 2.32. The van der Waals surface area contributed by atoms with Crippen LogP contribution < -0.4 is 0 Å². The molecule has 0 heterocycles. The molecule has 2 aromatic rings. The van der Waals surface area contributed by atoms with Crippen molar-refractivity contribution >= 4 is 29.0 Å². The summed E-state index contributed by atoms with van der Waals surface area (Å²) in [4.78, 5) is 12.5. The molecule has 1 nitrogen and oxygen atoms in total.